The molecular weight excluding hydrogens is 713 g/mol. The van der Waals surface area contributed by atoms with Crippen LogP contribution in [0.5, 0.6) is 0 Å². The monoisotopic (exact) mass is 811 g/mol. The van der Waals surface area contributed by atoms with Gasteiger partial charge in [0.15, 0.2) is 0 Å². The molecule has 0 aromatic carbocycles. The van der Waals surface area contributed by atoms with Crippen molar-refractivity contribution < 1.29 is 29.3 Å². The van der Waals surface area contributed by atoms with Crippen molar-refractivity contribution in [3.63, 3.8) is 0 Å². The van der Waals surface area contributed by atoms with Gasteiger partial charge in [0.1, 0.15) is 0 Å². The van der Waals surface area contributed by atoms with E-state index in [1.165, 1.54) is 161 Å². The Hall–Kier alpha value is -2.06. The maximum atomic E-state index is 11.7. The number of carbonyl (C=O) groups is 2. The van der Waals surface area contributed by atoms with Gasteiger partial charge in [-0.15, -0.1) is 0 Å². The van der Waals surface area contributed by atoms with Crippen LogP contribution >= 0.6 is 0 Å². The summed E-state index contributed by atoms with van der Waals surface area (Å²) in [6.07, 6.45) is 49.3. The number of allylic oxidation sites excluding steroid dienone is 4. The molecule has 0 aliphatic carbocycles. The Labute approximate surface area is 354 Å². The van der Waals surface area contributed by atoms with E-state index in [0.717, 1.165) is 71.1 Å². The summed E-state index contributed by atoms with van der Waals surface area (Å²) < 4.78 is 10.0. The number of amides is 2. The molecule has 0 saturated carbocycles. The van der Waals surface area contributed by atoms with Crippen molar-refractivity contribution in [2.75, 3.05) is 40.0 Å². The minimum atomic E-state index is -0.659. The second kappa shape index (κ2) is 53.9. The van der Waals surface area contributed by atoms with Gasteiger partial charge in [0.25, 0.3) is 0 Å². The molecule has 1 aliphatic rings. The Bertz CT molecular complexity index is 829. The molecule has 8 heteroatoms. The largest absolute Gasteiger partial charge is 0.450 e. The molecule has 0 aromatic rings. The molecule has 1 heterocycles. The molecule has 1 rings (SSSR count). The van der Waals surface area contributed by atoms with Gasteiger partial charge in [0, 0.05) is 26.8 Å². The fourth-order valence-corrected chi connectivity index (χ4v) is 6.52. The van der Waals surface area contributed by atoms with Gasteiger partial charge >= 0.3 is 12.2 Å². The number of hydrogen-bond acceptors (Lipinski definition) is 6. The number of hydrogen-bond donors (Lipinski definition) is 3. The highest BCUT2D eigenvalue weighted by molar-refractivity contribution is 5.67. The lowest BCUT2D eigenvalue weighted by atomic mass is 10.1. The van der Waals surface area contributed by atoms with E-state index in [9.17, 15) is 9.59 Å². The predicted octanol–water partition coefficient (Wildman–Crippen LogP) is 14.4. The van der Waals surface area contributed by atoms with Crippen LogP contribution in [0.4, 0.5) is 9.59 Å². The van der Waals surface area contributed by atoms with Crippen LogP contribution in [-0.4, -0.2) is 67.3 Å². The molecule has 0 unspecified atom stereocenters. The minimum absolute atomic E-state index is 0.102. The smallest absolute Gasteiger partial charge is 0.409 e. The van der Waals surface area contributed by atoms with Gasteiger partial charge in [-0.3, -0.25) is 0 Å². The number of nitrogens with two attached hydrogens (primary N) is 1. The van der Waals surface area contributed by atoms with Crippen molar-refractivity contribution in [1.29, 1.82) is 0 Å². The van der Waals surface area contributed by atoms with E-state index in [2.05, 4.69) is 52.0 Å². The van der Waals surface area contributed by atoms with E-state index in [1.807, 2.05) is 4.90 Å². The number of primary amides is 1. The number of likely N-dealkylation sites (tertiary alicyclic amines) is 1. The second-order valence-electron chi connectivity index (χ2n) is 16.1. The molecule has 2 amide bonds. The fourth-order valence-electron chi connectivity index (χ4n) is 6.52. The summed E-state index contributed by atoms with van der Waals surface area (Å²) >= 11 is 0. The van der Waals surface area contributed by atoms with Crippen molar-refractivity contribution in [1.82, 2.24) is 4.90 Å². The van der Waals surface area contributed by atoms with Gasteiger partial charge < -0.3 is 30.3 Å². The van der Waals surface area contributed by atoms with Crippen LogP contribution in [0.2, 0.25) is 0 Å². The highest BCUT2D eigenvalue weighted by Crippen LogP contribution is 2.13. The fraction of sp³-hybridized carbons (Fsp3) is 0.878. The zero-order chi connectivity index (χ0) is 42.7. The number of ether oxygens (including phenoxy) is 2. The van der Waals surface area contributed by atoms with Crippen LogP contribution < -0.4 is 5.73 Å². The Morgan fingerprint density at radius 2 is 0.877 bits per heavy atom. The lowest BCUT2D eigenvalue weighted by Gasteiger charge is -2.14. The van der Waals surface area contributed by atoms with Crippen LogP contribution in [0.3, 0.4) is 0 Å². The average Bonchev–Trinajstić information content (AvgIpc) is 3.76. The summed E-state index contributed by atoms with van der Waals surface area (Å²) in [5.74, 6) is 0.743. The first-order valence-electron chi connectivity index (χ1n) is 24.1. The van der Waals surface area contributed by atoms with Gasteiger partial charge in [-0.25, -0.2) is 9.59 Å². The molecule has 4 N–H and O–H groups in total. The van der Waals surface area contributed by atoms with Crippen molar-refractivity contribution in [3.05, 3.63) is 24.3 Å². The highest BCUT2D eigenvalue weighted by Gasteiger charge is 2.18. The van der Waals surface area contributed by atoms with E-state index in [4.69, 9.17) is 25.4 Å². The molecule has 0 spiro atoms. The molecule has 8 nitrogen and oxygen atoms in total. The Balaban J connectivity index is -0.000000852. The molecular formula is C49H98N2O6. The normalized spacial score (nSPS) is 12.2. The highest BCUT2D eigenvalue weighted by atomic mass is 16.6. The van der Waals surface area contributed by atoms with Crippen LogP contribution in [-0.2, 0) is 9.47 Å². The molecule has 0 bridgehead atoms. The Morgan fingerprint density at radius 1 is 0.544 bits per heavy atom. The molecule has 340 valence electrons. The van der Waals surface area contributed by atoms with E-state index in [0.29, 0.717) is 19.8 Å². The Morgan fingerprint density at radius 3 is 1.19 bits per heavy atom. The van der Waals surface area contributed by atoms with Crippen molar-refractivity contribution >= 4 is 12.2 Å². The standard InChI is InChI=1S/C23H43NO2.C19H37NO2.C6H14O.CH4O/c1-2-3-4-5-6-7-8-9-10-11-12-13-14-15-16-19-22-26-23(25)24-20-17-18-21-24;1-2-3-4-5-6-7-8-9-10-11-12-13-14-15-16-17-18-22-19(20)21;1-6(2)4-3-5-7;1-2/h9-10H,2-8,11-22H2,1H3;9-10H,2-8,11-18H2,1H3,(H2,20,21);6-7H,3-5H2,1-2H3;2H,1H3/b2*10-9-;;. The van der Waals surface area contributed by atoms with E-state index in [-0.39, 0.29) is 6.09 Å². The number of nitrogens with zero attached hydrogens (tertiary/aromatic N) is 1. The second-order valence-corrected chi connectivity index (χ2v) is 16.1. The van der Waals surface area contributed by atoms with E-state index >= 15 is 0 Å². The SMILES string of the molecule is CC(C)CCCO.CCCCCCCC/C=C\CCCCCCCCOC(=O)N1CCCC1.CCCCCCCC/C=C\CCCCCCCCOC(N)=O.CO. The number of aliphatic hydroxyl groups is 2. The number of aliphatic hydroxyl groups excluding tert-OH is 2. The first kappa shape index (κ1) is 59.3. The number of unbranched alkanes of at least 4 members (excludes halogenated alkanes) is 24. The third kappa shape index (κ3) is 56.1. The van der Waals surface area contributed by atoms with Gasteiger partial charge in [0.2, 0.25) is 0 Å². The van der Waals surface area contributed by atoms with Gasteiger partial charge in [-0.2, -0.15) is 0 Å². The molecule has 1 fully saturated rings. The van der Waals surface area contributed by atoms with Crippen LogP contribution in [0.25, 0.3) is 0 Å². The quantitative estimate of drug-likeness (QED) is 0.0433. The third-order valence-electron chi connectivity index (χ3n) is 10.1. The number of carbonyl (C=O) groups excluding carboxylic acids is 2. The number of rotatable bonds is 35. The lowest BCUT2D eigenvalue weighted by Crippen LogP contribution is -2.28. The van der Waals surface area contributed by atoms with Crippen molar-refractivity contribution in [3.8, 4) is 0 Å². The predicted molar refractivity (Wildman–Crippen MR) is 246 cm³/mol. The summed E-state index contributed by atoms with van der Waals surface area (Å²) in [5, 5.41) is 15.3. The maximum absolute atomic E-state index is 11.7. The summed E-state index contributed by atoms with van der Waals surface area (Å²) in [7, 11) is 1.00. The summed E-state index contributed by atoms with van der Waals surface area (Å²) in [6, 6.07) is 0. The molecule has 57 heavy (non-hydrogen) atoms. The van der Waals surface area contributed by atoms with Gasteiger partial charge in [-0.1, -0.05) is 168 Å². The Kier molecular flexibility index (Phi) is 56.1. The topological polar surface area (TPSA) is 122 Å². The summed E-state index contributed by atoms with van der Waals surface area (Å²) in [5.41, 5.74) is 4.89. The molecule has 0 atom stereocenters. The maximum Gasteiger partial charge on any atom is 0.409 e. The van der Waals surface area contributed by atoms with Crippen LogP contribution in [0.15, 0.2) is 24.3 Å². The zero-order valence-corrected chi connectivity index (χ0v) is 38.6. The van der Waals surface area contributed by atoms with Crippen LogP contribution in [0.1, 0.15) is 233 Å². The van der Waals surface area contributed by atoms with Crippen LogP contribution in [0, 0.1) is 5.92 Å². The molecule has 1 aliphatic heterocycles. The summed E-state index contributed by atoms with van der Waals surface area (Å²) in [4.78, 5) is 23.9. The molecule has 0 aromatic heterocycles. The van der Waals surface area contributed by atoms with Gasteiger partial charge in [-0.05, 0) is 95.8 Å². The van der Waals surface area contributed by atoms with E-state index < -0.39 is 6.09 Å². The lowest BCUT2D eigenvalue weighted by molar-refractivity contribution is 0.109. The zero-order valence-electron chi connectivity index (χ0n) is 38.6. The molecule has 0 radical (unpaired) electrons. The summed E-state index contributed by atoms with van der Waals surface area (Å²) in [6.45, 7) is 12.0. The minimum Gasteiger partial charge on any atom is -0.450 e. The van der Waals surface area contributed by atoms with E-state index in [1.54, 1.807) is 0 Å². The third-order valence-corrected chi connectivity index (χ3v) is 10.1. The first-order chi connectivity index (χ1) is 27.9. The first-order valence-corrected chi connectivity index (χ1v) is 24.1. The molecule has 1 saturated heterocycles. The van der Waals surface area contributed by atoms with Gasteiger partial charge in [0.05, 0.1) is 13.2 Å². The van der Waals surface area contributed by atoms with Crippen molar-refractivity contribution in [2.24, 2.45) is 11.7 Å². The van der Waals surface area contributed by atoms with Crippen molar-refractivity contribution in [2.45, 2.75) is 233 Å². The average molecular weight is 811 g/mol.